The number of ether oxygens (including phenoxy) is 2. The summed E-state index contributed by atoms with van der Waals surface area (Å²) < 4.78 is 9.83. The van der Waals surface area contributed by atoms with Crippen LogP contribution in [-0.2, 0) is 19.1 Å². The molecular formula is C11H20O4. The zero-order valence-corrected chi connectivity index (χ0v) is 9.58. The molecule has 0 rings (SSSR count). The molecule has 0 aliphatic carbocycles. The molecule has 0 saturated heterocycles. The number of hydrogen-bond acceptors (Lipinski definition) is 4. The van der Waals surface area contributed by atoms with Crippen LogP contribution < -0.4 is 0 Å². The molecule has 0 saturated carbocycles. The van der Waals surface area contributed by atoms with E-state index in [1.54, 1.807) is 6.92 Å². The molecule has 0 aromatic rings. The topological polar surface area (TPSA) is 52.6 Å². The van der Waals surface area contributed by atoms with Gasteiger partial charge < -0.3 is 9.47 Å². The summed E-state index contributed by atoms with van der Waals surface area (Å²) in [4.78, 5) is 22.1. The third-order valence-corrected chi connectivity index (χ3v) is 1.82. The number of Topliss-reactive ketones (excluding diaryl/α,β-unsaturated/α-hetero) is 1. The van der Waals surface area contributed by atoms with E-state index in [0.717, 1.165) is 12.8 Å². The van der Waals surface area contributed by atoms with Gasteiger partial charge in [0.25, 0.3) is 0 Å². The van der Waals surface area contributed by atoms with E-state index in [0.29, 0.717) is 13.2 Å². The van der Waals surface area contributed by atoms with E-state index in [2.05, 4.69) is 6.92 Å². The number of carbonyl (C=O) groups excluding carboxylic acids is 2. The molecule has 0 amide bonds. The second-order valence-corrected chi connectivity index (χ2v) is 3.25. The van der Waals surface area contributed by atoms with Crippen LogP contribution in [0, 0.1) is 0 Å². The van der Waals surface area contributed by atoms with Gasteiger partial charge >= 0.3 is 5.97 Å². The summed E-state index contributed by atoms with van der Waals surface area (Å²) >= 11 is 0. The first-order valence-electron chi connectivity index (χ1n) is 5.45. The van der Waals surface area contributed by atoms with Crippen molar-refractivity contribution in [3.05, 3.63) is 0 Å². The first-order chi connectivity index (χ1) is 7.20. The van der Waals surface area contributed by atoms with Crippen molar-refractivity contribution in [3.8, 4) is 0 Å². The van der Waals surface area contributed by atoms with Gasteiger partial charge in [0.05, 0.1) is 13.0 Å². The van der Waals surface area contributed by atoms with Gasteiger partial charge in [-0.3, -0.25) is 9.59 Å². The van der Waals surface area contributed by atoms with Crippen LogP contribution in [-0.4, -0.2) is 31.6 Å². The molecule has 88 valence electrons. The minimum Gasteiger partial charge on any atom is -0.466 e. The summed E-state index contributed by atoms with van der Waals surface area (Å²) in [5, 5.41) is 0. The van der Waals surface area contributed by atoms with E-state index in [1.807, 2.05) is 0 Å². The lowest BCUT2D eigenvalue weighted by Crippen LogP contribution is -2.12. The van der Waals surface area contributed by atoms with Crippen LogP contribution >= 0.6 is 0 Å². The monoisotopic (exact) mass is 216 g/mol. The third kappa shape index (κ3) is 9.41. The molecule has 0 spiro atoms. The molecule has 0 fully saturated rings. The average molecular weight is 216 g/mol. The van der Waals surface area contributed by atoms with Crippen molar-refractivity contribution >= 4 is 11.8 Å². The fourth-order valence-corrected chi connectivity index (χ4v) is 0.979. The second kappa shape index (κ2) is 9.65. The fourth-order valence-electron chi connectivity index (χ4n) is 0.979. The Morgan fingerprint density at radius 3 is 2.47 bits per heavy atom. The SMILES string of the molecule is CCCCOCC(=O)CCC(=O)OCC. The maximum absolute atomic E-state index is 11.2. The molecule has 0 N–H and O–H groups in total. The Morgan fingerprint density at radius 2 is 1.87 bits per heavy atom. The lowest BCUT2D eigenvalue weighted by atomic mass is 10.2. The van der Waals surface area contributed by atoms with Gasteiger partial charge in [0.15, 0.2) is 5.78 Å². The maximum atomic E-state index is 11.2. The van der Waals surface area contributed by atoms with Crippen molar-refractivity contribution in [3.63, 3.8) is 0 Å². The normalized spacial score (nSPS) is 10.0. The molecule has 4 heteroatoms. The number of carbonyl (C=O) groups is 2. The molecule has 0 aliphatic heterocycles. The molecule has 0 bridgehead atoms. The average Bonchev–Trinajstić information content (AvgIpc) is 2.22. The highest BCUT2D eigenvalue weighted by Crippen LogP contribution is 1.96. The van der Waals surface area contributed by atoms with Gasteiger partial charge in [0.1, 0.15) is 6.61 Å². The van der Waals surface area contributed by atoms with E-state index < -0.39 is 0 Å². The smallest absolute Gasteiger partial charge is 0.306 e. The molecular weight excluding hydrogens is 196 g/mol. The Morgan fingerprint density at radius 1 is 1.13 bits per heavy atom. The molecule has 0 unspecified atom stereocenters. The van der Waals surface area contributed by atoms with Crippen molar-refractivity contribution < 1.29 is 19.1 Å². The summed E-state index contributed by atoms with van der Waals surface area (Å²) in [6.45, 7) is 4.89. The third-order valence-electron chi connectivity index (χ3n) is 1.82. The van der Waals surface area contributed by atoms with Gasteiger partial charge in [-0.05, 0) is 13.3 Å². The molecule has 0 atom stereocenters. The van der Waals surface area contributed by atoms with Gasteiger partial charge in [-0.15, -0.1) is 0 Å². The van der Waals surface area contributed by atoms with E-state index in [1.165, 1.54) is 0 Å². The minimum atomic E-state index is -0.320. The predicted octanol–water partition coefficient (Wildman–Crippen LogP) is 1.72. The Kier molecular flexibility index (Phi) is 9.07. The Bertz CT molecular complexity index is 189. The van der Waals surface area contributed by atoms with Crippen LogP contribution in [0.4, 0.5) is 0 Å². The van der Waals surface area contributed by atoms with Crippen LogP contribution in [0.1, 0.15) is 39.5 Å². The van der Waals surface area contributed by atoms with Gasteiger partial charge in [0.2, 0.25) is 0 Å². The van der Waals surface area contributed by atoms with Gasteiger partial charge in [-0.25, -0.2) is 0 Å². The highest BCUT2D eigenvalue weighted by atomic mass is 16.5. The molecule has 0 heterocycles. The first kappa shape index (κ1) is 14.1. The highest BCUT2D eigenvalue weighted by molar-refractivity contribution is 5.83. The van der Waals surface area contributed by atoms with E-state index in [4.69, 9.17) is 9.47 Å². The molecule has 0 aromatic heterocycles. The van der Waals surface area contributed by atoms with Crippen LogP contribution in [0.3, 0.4) is 0 Å². The van der Waals surface area contributed by atoms with Gasteiger partial charge in [0, 0.05) is 13.0 Å². The summed E-state index contributed by atoms with van der Waals surface area (Å²) in [6.07, 6.45) is 2.39. The number of esters is 1. The summed E-state index contributed by atoms with van der Waals surface area (Å²) in [6, 6.07) is 0. The first-order valence-corrected chi connectivity index (χ1v) is 5.45. The van der Waals surface area contributed by atoms with E-state index in [9.17, 15) is 9.59 Å². The predicted molar refractivity (Wildman–Crippen MR) is 56.6 cm³/mol. The standard InChI is InChI=1S/C11H20O4/c1-3-5-8-14-9-10(12)6-7-11(13)15-4-2/h3-9H2,1-2H3. The largest absolute Gasteiger partial charge is 0.466 e. The van der Waals surface area contributed by atoms with Gasteiger partial charge in [-0.2, -0.15) is 0 Å². The van der Waals surface area contributed by atoms with Crippen molar-refractivity contribution in [2.45, 2.75) is 39.5 Å². The lowest BCUT2D eigenvalue weighted by molar-refractivity contribution is -0.144. The lowest BCUT2D eigenvalue weighted by Gasteiger charge is -2.03. The zero-order valence-electron chi connectivity index (χ0n) is 9.58. The number of ketones is 1. The van der Waals surface area contributed by atoms with E-state index in [-0.39, 0.29) is 31.2 Å². The van der Waals surface area contributed by atoms with Crippen molar-refractivity contribution in [1.82, 2.24) is 0 Å². The number of rotatable bonds is 9. The Balaban J connectivity index is 3.36. The molecule has 4 nitrogen and oxygen atoms in total. The summed E-state index contributed by atoms with van der Waals surface area (Å²) in [5.74, 6) is -0.362. The van der Waals surface area contributed by atoms with Gasteiger partial charge in [-0.1, -0.05) is 13.3 Å². The quantitative estimate of drug-likeness (QED) is 0.435. The summed E-state index contributed by atoms with van der Waals surface area (Å²) in [5.41, 5.74) is 0. The van der Waals surface area contributed by atoms with Crippen LogP contribution in [0.25, 0.3) is 0 Å². The van der Waals surface area contributed by atoms with Crippen molar-refractivity contribution in [2.75, 3.05) is 19.8 Å². The van der Waals surface area contributed by atoms with Crippen LogP contribution in [0.5, 0.6) is 0 Å². The molecule has 0 radical (unpaired) electrons. The fraction of sp³-hybridized carbons (Fsp3) is 0.818. The second-order valence-electron chi connectivity index (χ2n) is 3.25. The Labute approximate surface area is 90.9 Å². The highest BCUT2D eigenvalue weighted by Gasteiger charge is 2.07. The minimum absolute atomic E-state index is 0.0424. The molecule has 15 heavy (non-hydrogen) atoms. The number of unbranched alkanes of at least 4 members (excludes halogenated alkanes) is 1. The maximum Gasteiger partial charge on any atom is 0.306 e. The van der Waals surface area contributed by atoms with E-state index >= 15 is 0 Å². The zero-order chi connectivity index (χ0) is 11.5. The van der Waals surface area contributed by atoms with Crippen molar-refractivity contribution in [1.29, 1.82) is 0 Å². The number of hydrogen-bond donors (Lipinski definition) is 0. The van der Waals surface area contributed by atoms with Crippen molar-refractivity contribution in [2.24, 2.45) is 0 Å². The molecule has 0 aromatic carbocycles. The summed E-state index contributed by atoms with van der Waals surface area (Å²) in [7, 11) is 0. The Hall–Kier alpha value is -0.900. The molecule has 0 aliphatic rings. The van der Waals surface area contributed by atoms with Crippen LogP contribution in [0.15, 0.2) is 0 Å². The van der Waals surface area contributed by atoms with Crippen LogP contribution in [0.2, 0.25) is 0 Å².